The zero-order chi connectivity index (χ0) is 35.6. The van der Waals surface area contributed by atoms with Gasteiger partial charge in [0.2, 0.25) is 0 Å². The molecule has 0 N–H and O–H groups in total. The Labute approximate surface area is 312 Å². The van der Waals surface area contributed by atoms with Crippen LogP contribution in [-0.4, -0.2) is 6.71 Å². The smallest absolute Gasteiger partial charge is 0.252 e. The standard InChI is InChI=1S/C49H38BN3/c1-33-18-23-40(24-19-33)52-45-26-20-34(2)28-43(45)50-44-29-35(3)21-27-46(44)53(41-25-22-36-12-10-11-13-37(36)30-41)48-32-42(31-47(52)49(48)50)51(38-14-6-4-7-15-38)39-16-8-5-9-17-39/h4-32H,1-3H3. The molecular formula is C49H38BN3. The van der Waals surface area contributed by atoms with Crippen molar-refractivity contribution in [2.45, 2.75) is 20.8 Å². The number of hydrogen-bond acceptors (Lipinski definition) is 3. The Morgan fingerprint density at radius 2 is 0.868 bits per heavy atom. The van der Waals surface area contributed by atoms with Crippen LogP contribution in [0, 0.1) is 20.8 Å². The fraction of sp³-hybridized carbons (Fsp3) is 0.0612. The summed E-state index contributed by atoms with van der Waals surface area (Å²) in [6.07, 6.45) is 0. The van der Waals surface area contributed by atoms with Crippen molar-refractivity contribution in [3.63, 3.8) is 0 Å². The molecule has 0 amide bonds. The van der Waals surface area contributed by atoms with Gasteiger partial charge in [-0.1, -0.05) is 120 Å². The third kappa shape index (κ3) is 5.13. The first-order valence-corrected chi connectivity index (χ1v) is 18.5. The molecule has 252 valence electrons. The van der Waals surface area contributed by atoms with Crippen molar-refractivity contribution in [2.75, 3.05) is 14.7 Å². The van der Waals surface area contributed by atoms with E-state index in [2.05, 4.69) is 211 Å². The van der Waals surface area contributed by atoms with Gasteiger partial charge >= 0.3 is 0 Å². The Balaban J connectivity index is 1.34. The van der Waals surface area contributed by atoms with Gasteiger partial charge in [0, 0.05) is 45.5 Å². The van der Waals surface area contributed by atoms with Gasteiger partial charge in [-0.05, 0) is 121 Å². The summed E-state index contributed by atoms with van der Waals surface area (Å²) in [4.78, 5) is 7.41. The molecule has 0 saturated heterocycles. The number of hydrogen-bond donors (Lipinski definition) is 0. The van der Waals surface area contributed by atoms with Crippen LogP contribution >= 0.6 is 0 Å². The van der Waals surface area contributed by atoms with Gasteiger partial charge in [-0.15, -0.1) is 0 Å². The first kappa shape index (κ1) is 31.2. The Morgan fingerprint density at radius 1 is 0.377 bits per heavy atom. The molecule has 0 aliphatic carbocycles. The maximum Gasteiger partial charge on any atom is 0.252 e. The number of anilines is 9. The van der Waals surface area contributed by atoms with E-state index in [4.69, 9.17) is 0 Å². The predicted molar refractivity (Wildman–Crippen MR) is 227 cm³/mol. The molecule has 4 heteroatoms. The Bertz CT molecular complexity index is 2630. The van der Waals surface area contributed by atoms with Gasteiger partial charge in [0.25, 0.3) is 6.71 Å². The second-order valence-electron chi connectivity index (χ2n) is 14.5. The summed E-state index contributed by atoms with van der Waals surface area (Å²) < 4.78 is 0. The van der Waals surface area contributed by atoms with E-state index in [1.54, 1.807) is 0 Å². The van der Waals surface area contributed by atoms with Crippen molar-refractivity contribution in [1.82, 2.24) is 0 Å². The molecule has 0 aromatic heterocycles. The molecule has 2 aliphatic heterocycles. The van der Waals surface area contributed by atoms with Gasteiger partial charge in [0.05, 0.1) is 5.69 Å². The molecule has 53 heavy (non-hydrogen) atoms. The number of aryl methyl sites for hydroxylation is 3. The summed E-state index contributed by atoms with van der Waals surface area (Å²) in [5, 5.41) is 2.46. The number of benzene rings is 8. The second-order valence-corrected chi connectivity index (χ2v) is 14.5. The zero-order valence-electron chi connectivity index (χ0n) is 30.2. The molecule has 0 bridgehead atoms. The minimum Gasteiger partial charge on any atom is -0.311 e. The van der Waals surface area contributed by atoms with E-state index in [1.807, 2.05) is 0 Å². The topological polar surface area (TPSA) is 9.72 Å². The average molecular weight is 680 g/mol. The number of para-hydroxylation sites is 2. The first-order valence-electron chi connectivity index (χ1n) is 18.5. The van der Waals surface area contributed by atoms with Crippen molar-refractivity contribution in [1.29, 1.82) is 0 Å². The molecule has 8 aromatic rings. The molecule has 0 saturated carbocycles. The highest BCUT2D eigenvalue weighted by molar-refractivity contribution is 7.00. The molecule has 0 fully saturated rings. The van der Waals surface area contributed by atoms with Crippen molar-refractivity contribution in [3.8, 4) is 0 Å². The van der Waals surface area contributed by atoms with Crippen LogP contribution in [0.3, 0.4) is 0 Å². The molecule has 0 atom stereocenters. The van der Waals surface area contributed by atoms with Crippen molar-refractivity contribution < 1.29 is 0 Å². The Hall–Kier alpha value is -6.52. The fourth-order valence-corrected chi connectivity index (χ4v) is 8.53. The molecule has 3 nitrogen and oxygen atoms in total. The van der Waals surface area contributed by atoms with E-state index in [-0.39, 0.29) is 6.71 Å². The molecule has 2 heterocycles. The normalized spacial score (nSPS) is 12.7. The predicted octanol–water partition coefficient (Wildman–Crippen LogP) is 11.3. The van der Waals surface area contributed by atoms with Crippen LogP contribution in [-0.2, 0) is 0 Å². The van der Waals surface area contributed by atoms with Gasteiger partial charge in [-0.2, -0.15) is 0 Å². The summed E-state index contributed by atoms with van der Waals surface area (Å²) in [6, 6.07) is 64.9. The average Bonchev–Trinajstić information content (AvgIpc) is 3.19. The quantitative estimate of drug-likeness (QED) is 0.168. The van der Waals surface area contributed by atoms with Crippen LogP contribution in [0.4, 0.5) is 51.2 Å². The van der Waals surface area contributed by atoms with Gasteiger partial charge in [-0.25, -0.2) is 0 Å². The summed E-state index contributed by atoms with van der Waals surface area (Å²) in [7, 11) is 0. The van der Waals surface area contributed by atoms with E-state index < -0.39 is 0 Å². The SMILES string of the molecule is Cc1ccc(N2c3ccc(C)cc3B3c4cc(C)ccc4N(c4ccc5ccccc5c4)c4cc(N(c5ccccc5)c5ccccc5)cc2c43)cc1. The monoisotopic (exact) mass is 679 g/mol. The van der Waals surface area contributed by atoms with Gasteiger partial charge < -0.3 is 14.7 Å². The van der Waals surface area contributed by atoms with Crippen LogP contribution in [0.5, 0.6) is 0 Å². The lowest BCUT2D eigenvalue weighted by Crippen LogP contribution is -2.61. The summed E-state index contributed by atoms with van der Waals surface area (Å²) >= 11 is 0. The molecule has 8 aromatic carbocycles. The minimum atomic E-state index is 0.0548. The lowest BCUT2D eigenvalue weighted by molar-refractivity contribution is 1.22. The highest BCUT2D eigenvalue weighted by Gasteiger charge is 2.44. The molecule has 0 radical (unpaired) electrons. The van der Waals surface area contributed by atoms with Gasteiger partial charge in [0.1, 0.15) is 0 Å². The van der Waals surface area contributed by atoms with Crippen molar-refractivity contribution in [2.24, 2.45) is 0 Å². The van der Waals surface area contributed by atoms with E-state index >= 15 is 0 Å². The lowest BCUT2D eigenvalue weighted by atomic mass is 9.33. The van der Waals surface area contributed by atoms with Gasteiger partial charge in [0.15, 0.2) is 0 Å². The van der Waals surface area contributed by atoms with Crippen LogP contribution < -0.4 is 31.1 Å². The fourth-order valence-electron chi connectivity index (χ4n) is 8.53. The van der Waals surface area contributed by atoms with E-state index in [9.17, 15) is 0 Å². The third-order valence-corrected chi connectivity index (χ3v) is 10.9. The summed E-state index contributed by atoms with van der Waals surface area (Å²) in [5.74, 6) is 0. The molecule has 0 unspecified atom stereocenters. The number of nitrogens with zero attached hydrogens (tertiary/aromatic N) is 3. The number of fused-ring (bicyclic) bond motifs is 5. The largest absolute Gasteiger partial charge is 0.311 e. The Morgan fingerprint density at radius 3 is 1.45 bits per heavy atom. The van der Waals surface area contributed by atoms with Crippen LogP contribution in [0.25, 0.3) is 10.8 Å². The van der Waals surface area contributed by atoms with Crippen molar-refractivity contribution >= 4 is 85.1 Å². The van der Waals surface area contributed by atoms with Gasteiger partial charge in [-0.3, -0.25) is 0 Å². The first-order chi connectivity index (χ1) is 26.0. The molecule has 0 spiro atoms. The zero-order valence-corrected chi connectivity index (χ0v) is 30.2. The maximum atomic E-state index is 2.52. The number of rotatable bonds is 5. The maximum absolute atomic E-state index is 2.52. The highest BCUT2D eigenvalue weighted by Crippen LogP contribution is 2.48. The van der Waals surface area contributed by atoms with E-state index in [1.165, 1.54) is 66.6 Å². The van der Waals surface area contributed by atoms with Crippen LogP contribution in [0.15, 0.2) is 176 Å². The Kier molecular flexibility index (Phi) is 7.26. The highest BCUT2D eigenvalue weighted by atomic mass is 15.2. The third-order valence-electron chi connectivity index (χ3n) is 10.9. The van der Waals surface area contributed by atoms with Crippen LogP contribution in [0.2, 0.25) is 0 Å². The lowest BCUT2D eigenvalue weighted by Gasteiger charge is -2.45. The molecular weight excluding hydrogens is 641 g/mol. The van der Waals surface area contributed by atoms with E-state index in [0.717, 1.165) is 28.4 Å². The summed E-state index contributed by atoms with van der Waals surface area (Å²) in [5.41, 5.74) is 18.2. The molecule has 2 aliphatic rings. The summed E-state index contributed by atoms with van der Waals surface area (Å²) in [6.45, 7) is 6.65. The van der Waals surface area contributed by atoms with Crippen molar-refractivity contribution in [3.05, 3.63) is 193 Å². The molecule has 10 rings (SSSR count). The minimum absolute atomic E-state index is 0.0548. The second kappa shape index (κ2) is 12.3. The van der Waals surface area contributed by atoms with E-state index in [0.29, 0.717) is 0 Å². The van der Waals surface area contributed by atoms with Crippen LogP contribution in [0.1, 0.15) is 16.7 Å².